The Morgan fingerprint density at radius 2 is 1.77 bits per heavy atom. The molecule has 0 radical (unpaired) electrons. The van der Waals surface area contributed by atoms with E-state index in [0.717, 1.165) is 11.3 Å². The average Bonchev–Trinajstić information content (AvgIpc) is 3.18. The van der Waals surface area contributed by atoms with Gasteiger partial charge in [-0.3, -0.25) is 0 Å². The van der Waals surface area contributed by atoms with Crippen molar-refractivity contribution in [2.75, 3.05) is 27.9 Å². The first-order chi connectivity index (χ1) is 15.1. The molecule has 4 atom stereocenters. The van der Waals surface area contributed by atoms with Gasteiger partial charge in [0.15, 0.2) is 0 Å². The summed E-state index contributed by atoms with van der Waals surface area (Å²) >= 11 is 0. The Kier molecular flexibility index (Phi) is 8.00. The Bertz CT molecular complexity index is 873. The maximum Gasteiger partial charge on any atom is 0.319 e. The fourth-order valence-electron chi connectivity index (χ4n) is 3.41. The number of aromatic nitrogens is 2. The van der Waals surface area contributed by atoms with Crippen molar-refractivity contribution in [3.8, 4) is 17.6 Å². The lowest BCUT2D eigenvalue weighted by Crippen LogP contribution is -2.35. The van der Waals surface area contributed by atoms with Crippen molar-refractivity contribution >= 4 is 0 Å². The second kappa shape index (κ2) is 10.9. The monoisotopic (exact) mass is 428 g/mol. The van der Waals surface area contributed by atoms with E-state index in [2.05, 4.69) is 23.1 Å². The molecule has 1 aliphatic rings. The molecular formula is C23H28N2O6. The van der Waals surface area contributed by atoms with E-state index in [1.165, 1.54) is 14.2 Å². The highest BCUT2D eigenvalue weighted by atomic mass is 16.6. The van der Waals surface area contributed by atoms with Crippen LogP contribution < -0.4 is 14.2 Å². The third-order valence-electron chi connectivity index (χ3n) is 4.93. The molecule has 0 bridgehead atoms. The maximum atomic E-state index is 6.31. The molecule has 1 fully saturated rings. The van der Waals surface area contributed by atoms with Gasteiger partial charge in [0.25, 0.3) is 0 Å². The number of ether oxygens (including phenoxy) is 6. The molecule has 0 amide bonds. The summed E-state index contributed by atoms with van der Waals surface area (Å²) in [6.45, 7) is 8.32. The van der Waals surface area contributed by atoms with Gasteiger partial charge in [0, 0.05) is 6.20 Å². The zero-order chi connectivity index (χ0) is 22.2. The highest BCUT2D eigenvalue weighted by molar-refractivity contribution is 5.31. The highest BCUT2D eigenvalue weighted by Gasteiger charge is 2.47. The van der Waals surface area contributed by atoms with Crippen LogP contribution in [0, 0.1) is 0 Å². The third-order valence-corrected chi connectivity index (χ3v) is 4.93. The fourth-order valence-corrected chi connectivity index (χ4v) is 3.41. The van der Waals surface area contributed by atoms with Gasteiger partial charge in [0.2, 0.25) is 5.88 Å². The van der Waals surface area contributed by atoms with E-state index in [1.54, 1.807) is 25.5 Å². The summed E-state index contributed by atoms with van der Waals surface area (Å²) in [5.74, 6) is 1.13. The summed E-state index contributed by atoms with van der Waals surface area (Å²) in [5, 5.41) is 0. The second-order valence-corrected chi connectivity index (χ2v) is 6.79. The van der Waals surface area contributed by atoms with Gasteiger partial charge in [0.1, 0.15) is 30.2 Å². The van der Waals surface area contributed by atoms with Crippen LogP contribution in [0.5, 0.6) is 17.6 Å². The van der Waals surface area contributed by atoms with Crippen LogP contribution in [0.1, 0.15) is 17.2 Å². The molecule has 0 saturated carbocycles. The first kappa shape index (κ1) is 22.7. The van der Waals surface area contributed by atoms with Crippen molar-refractivity contribution in [1.29, 1.82) is 0 Å². The Hall–Kier alpha value is -2.94. The lowest BCUT2D eigenvalue weighted by molar-refractivity contribution is -0.0659. The summed E-state index contributed by atoms with van der Waals surface area (Å²) in [5.41, 5.74) is 1.63. The van der Waals surface area contributed by atoms with Crippen LogP contribution in [-0.2, 0) is 20.8 Å². The van der Waals surface area contributed by atoms with Crippen molar-refractivity contribution in [2.24, 2.45) is 0 Å². The van der Waals surface area contributed by atoms with E-state index in [0.29, 0.717) is 24.7 Å². The van der Waals surface area contributed by atoms with Crippen LogP contribution in [0.25, 0.3) is 0 Å². The molecule has 0 aliphatic carbocycles. The van der Waals surface area contributed by atoms with E-state index in [1.807, 2.05) is 24.3 Å². The molecule has 0 spiro atoms. The minimum Gasteiger partial charge on any atom is -0.497 e. The zero-order valence-corrected chi connectivity index (χ0v) is 18.0. The Balaban J connectivity index is 1.89. The topological polar surface area (TPSA) is 81.2 Å². The van der Waals surface area contributed by atoms with Gasteiger partial charge in [-0.1, -0.05) is 24.3 Å². The van der Waals surface area contributed by atoms with Crippen LogP contribution in [0.3, 0.4) is 0 Å². The van der Waals surface area contributed by atoms with E-state index < -0.39 is 24.4 Å². The molecule has 3 rings (SSSR count). The minimum absolute atomic E-state index is 0.203. The lowest BCUT2D eigenvalue weighted by atomic mass is 10.0. The van der Waals surface area contributed by atoms with E-state index >= 15 is 0 Å². The summed E-state index contributed by atoms with van der Waals surface area (Å²) in [7, 11) is 4.66. The third kappa shape index (κ3) is 5.22. The quantitative estimate of drug-likeness (QED) is 0.505. The van der Waals surface area contributed by atoms with Crippen LogP contribution in [0.4, 0.5) is 0 Å². The SMILES string of the molecule is C=CCO[C@H]1C(OCc2ccc(OC)cc2)[C@H](c2cnc(OC)nc2OC)O[C@@H]1C=C. The predicted molar refractivity (Wildman–Crippen MR) is 114 cm³/mol. The molecule has 1 aromatic carbocycles. The van der Waals surface area contributed by atoms with Crippen molar-refractivity contribution < 1.29 is 28.4 Å². The lowest BCUT2D eigenvalue weighted by Gasteiger charge is -2.24. The normalized spacial score (nSPS) is 22.7. The summed E-state index contributed by atoms with van der Waals surface area (Å²) in [4.78, 5) is 8.49. The number of benzene rings is 1. The number of hydrogen-bond acceptors (Lipinski definition) is 8. The minimum atomic E-state index is -0.531. The van der Waals surface area contributed by atoms with Gasteiger partial charge >= 0.3 is 6.01 Å². The molecule has 1 saturated heterocycles. The number of hydrogen-bond donors (Lipinski definition) is 0. The van der Waals surface area contributed by atoms with Crippen LogP contribution in [-0.4, -0.2) is 56.2 Å². The zero-order valence-electron chi connectivity index (χ0n) is 18.0. The Morgan fingerprint density at radius 3 is 2.39 bits per heavy atom. The summed E-state index contributed by atoms with van der Waals surface area (Å²) in [6, 6.07) is 7.88. The molecule has 1 aliphatic heterocycles. The molecule has 8 heteroatoms. The molecule has 2 heterocycles. The van der Waals surface area contributed by atoms with Crippen molar-refractivity contribution in [3.05, 3.63) is 66.9 Å². The first-order valence-electron chi connectivity index (χ1n) is 9.85. The first-order valence-corrected chi connectivity index (χ1v) is 9.85. The molecule has 1 unspecified atom stereocenters. The van der Waals surface area contributed by atoms with Gasteiger partial charge in [-0.2, -0.15) is 4.98 Å². The number of nitrogens with zero attached hydrogens (tertiary/aromatic N) is 2. The molecule has 31 heavy (non-hydrogen) atoms. The molecule has 1 aromatic heterocycles. The Labute approximate surface area is 182 Å². The summed E-state index contributed by atoms with van der Waals surface area (Å²) < 4.78 is 34.3. The van der Waals surface area contributed by atoms with Crippen LogP contribution in [0.15, 0.2) is 55.8 Å². The van der Waals surface area contributed by atoms with Gasteiger partial charge in [-0.15, -0.1) is 13.2 Å². The standard InChI is InChI=1S/C23H28N2O6/c1-6-12-29-20-18(7-2)31-19(17-13-24-23(28-5)25-22(17)27-4)21(20)30-14-15-8-10-16(26-3)11-9-15/h6-11,13,18-21H,1-2,12,14H2,3-5H3/t18-,19+,20-,21?/m1/s1. The van der Waals surface area contributed by atoms with Crippen LogP contribution in [0.2, 0.25) is 0 Å². The van der Waals surface area contributed by atoms with Crippen molar-refractivity contribution in [2.45, 2.75) is 31.0 Å². The molecule has 166 valence electrons. The average molecular weight is 428 g/mol. The molecule has 0 N–H and O–H groups in total. The molecule has 8 nitrogen and oxygen atoms in total. The number of rotatable bonds is 11. The van der Waals surface area contributed by atoms with Gasteiger partial charge in [-0.25, -0.2) is 4.98 Å². The second-order valence-electron chi connectivity index (χ2n) is 6.79. The van der Waals surface area contributed by atoms with E-state index in [-0.39, 0.29) is 6.01 Å². The fraction of sp³-hybridized carbons (Fsp3) is 0.391. The van der Waals surface area contributed by atoms with E-state index in [4.69, 9.17) is 28.4 Å². The van der Waals surface area contributed by atoms with Gasteiger partial charge < -0.3 is 28.4 Å². The van der Waals surface area contributed by atoms with Gasteiger partial charge in [0.05, 0.1) is 40.1 Å². The maximum absolute atomic E-state index is 6.31. The Morgan fingerprint density at radius 1 is 1.00 bits per heavy atom. The summed E-state index contributed by atoms with van der Waals surface area (Å²) in [6.07, 6.45) is 3.23. The largest absolute Gasteiger partial charge is 0.497 e. The predicted octanol–water partition coefficient (Wildman–Crippen LogP) is 3.28. The molecule has 2 aromatic rings. The van der Waals surface area contributed by atoms with Crippen LogP contribution >= 0.6 is 0 Å². The highest BCUT2D eigenvalue weighted by Crippen LogP contribution is 2.41. The smallest absolute Gasteiger partial charge is 0.319 e. The van der Waals surface area contributed by atoms with E-state index in [9.17, 15) is 0 Å². The number of methoxy groups -OCH3 is 3. The molecular weight excluding hydrogens is 400 g/mol. The van der Waals surface area contributed by atoms with Crippen molar-refractivity contribution in [1.82, 2.24) is 9.97 Å². The van der Waals surface area contributed by atoms with Crippen molar-refractivity contribution in [3.63, 3.8) is 0 Å². The van der Waals surface area contributed by atoms with Gasteiger partial charge in [-0.05, 0) is 17.7 Å².